The molecule has 2 aromatic carbocycles. The Hall–Kier alpha value is -2.60. The lowest BCUT2D eigenvalue weighted by molar-refractivity contribution is -0.115. The minimum Gasteiger partial charge on any atom is -0.325 e. The van der Waals surface area contributed by atoms with Crippen LogP contribution in [0.2, 0.25) is 0 Å². The van der Waals surface area contributed by atoms with Crippen LogP contribution in [0.25, 0.3) is 10.9 Å². The fraction of sp³-hybridized carbons (Fsp3) is 0.250. The predicted molar refractivity (Wildman–Crippen MR) is 105 cm³/mol. The number of hydrogen-bond donors (Lipinski definition) is 1. The normalized spacial score (nSPS) is 15.0. The van der Waals surface area contributed by atoms with Crippen molar-refractivity contribution in [1.82, 2.24) is 9.55 Å². The van der Waals surface area contributed by atoms with Crippen molar-refractivity contribution in [3.63, 3.8) is 0 Å². The highest BCUT2D eigenvalue weighted by Crippen LogP contribution is 2.37. The van der Waals surface area contributed by atoms with Gasteiger partial charge in [-0.1, -0.05) is 42.1 Å². The van der Waals surface area contributed by atoms with Gasteiger partial charge < -0.3 is 5.32 Å². The maximum Gasteiger partial charge on any atom is 0.262 e. The Labute approximate surface area is 155 Å². The lowest BCUT2D eigenvalue weighted by Gasteiger charge is -2.16. The molecule has 1 aliphatic rings. The highest BCUT2D eigenvalue weighted by Gasteiger charge is 2.30. The lowest BCUT2D eigenvalue weighted by Crippen LogP contribution is -2.26. The summed E-state index contributed by atoms with van der Waals surface area (Å²) in [4.78, 5) is 30.1. The molecule has 132 valence electrons. The minimum atomic E-state index is -0.367. The third kappa shape index (κ3) is 3.37. The van der Waals surface area contributed by atoms with Crippen LogP contribution in [-0.4, -0.2) is 20.7 Å². The molecule has 1 fully saturated rings. The van der Waals surface area contributed by atoms with Gasteiger partial charge in [0.25, 0.3) is 5.56 Å². The summed E-state index contributed by atoms with van der Waals surface area (Å²) >= 11 is 1.33. The Bertz CT molecular complexity index is 1010. The number of benzene rings is 2. The smallest absolute Gasteiger partial charge is 0.262 e. The fourth-order valence-electron chi connectivity index (χ4n) is 2.84. The summed E-state index contributed by atoms with van der Waals surface area (Å²) in [5, 5.41) is 3.78. The molecule has 1 atom stereocenters. The Morgan fingerprint density at radius 2 is 1.85 bits per heavy atom. The highest BCUT2D eigenvalue weighted by atomic mass is 32.2. The second kappa shape index (κ2) is 6.96. The maximum atomic E-state index is 12.9. The maximum absolute atomic E-state index is 12.9. The molecule has 0 aliphatic heterocycles. The molecule has 1 saturated carbocycles. The van der Waals surface area contributed by atoms with Crippen molar-refractivity contribution in [3.05, 3.63) is 65.0 Å². The van der Waals surface area contributed by atoms with Gasteiger partial charge in [-0.2, -0.15) is 0 Å². The fourth-order valence-corrected chi connectivity index (χ4v) is 3.82. The van der Waals surface area contributed by atoms with Crippen LogP contribution < -0.4 is 10.9 Å². The first-order chi connectivity index (χ1) is 12.6. The number of nitrogens with one attached hydrogen (secondary N) is 1. The van der Waals surface area contributed by atoms with Gasteiger partial charge in [-0.05, 0) is 44.0 Å². The topological polar surface area (TPSA) is 64.0 Å². The second-order valence-corrected chi connectivity index (χ2v) is 7.74. The van der Waals surface area contributed by atoms with Crippen LogP contribution in [0.1, 0.15) is 25.8 Å². The number of carbonyl (C=O) groups is 1. The van der Waals surface area contributed by atoms with Crippen LogP contribution in [0.3, 0.4) is 0 Å². The summed E-state index contributed by atoms with van der Waals surface area (Å²) in [6.45, 7) is 1.83. The molecule has 1 N–H and O–H groups in total. The van der Waals surface area contributed by atoms with E-state index in [1.807, 2.05) is 61.5 Å². The van der Waals surface area contributed by atoms with Gasteiger partial charge in [-0.15, -0.1) is 0 Å². The first-order valence-corrected chi connectivity index (χ1v) is 9.55. The zero-order valence-electron chi connectivity index (χ0n) is 14.4. The van der Waals surface area contributed by atoms with Crippen LogP contribution in [0.4, 0.5) is 5.69 Å². The molecule has 1 aromatic heterocycles. The van der Waals surface area contributed by atoms with Gasteiger partial charge in [-0.25, -0.2) is 4.98 Å². The number of aromatic nitrogens is 2. The molecule has 0 spiro atoms. The molecule has 5 nitrogen and oxygen atoms in total. The number of anilines is 1. The first-order valence-electron chi connectivity index (χ1n) is 8.67. The largest absolute Gasteiger partial charge is 0.325 e. The number of amides is 1. The number of fused-ring (bicyclic) bond motifs is 1. The first kappa shape index (κ1) is 16.8. The van der Waals surface area contributed by atoms with Crippen molar-refractivity contribution in [2.45, 2.75) is 36.2 Å². The number of rotatable bonds is 5. The average Bonchev–Trinajstić information content (AvgIpc) is 3.47. The number of hydrogen-bond acceptors (Lipinski definition) is 4. The van der Waals surface area contributed by atoms with E-state index < -0.39 is 0 Å². The Morgan fingerprint density at radius 3 is 2.58 bits per heavy atom. The van der Waals surface area contributed by atoms with Crippen molar-refractivity contribution in [3.8, 4) is 0 Å². The zero-order chi connectivity index (χ0) is 18.1. The summed E-state index contributed by atoms with van der Waals surface area (Å²) < 4.78 is 1.76. The predicted octanol–water partition coefficient (Wildman–Crippen LogP) is 3.85. The Balaban J connectivity index is 1.63. The zero-order valence-corrected chi connectivity index (χ0v) is 15.2. The molecule has 1 heterocycles. The Kier molecular flexibility index (Phi) is 4.51. The monoisotopic (exact) mass is 365 g/mol. The van der Waals surface area contributed by atoms with E-state index >= 15 is 0 Å². The number of thioether (sulfide) groups is 1. The molecule has 1 amide bonds. The van der Waals surface area contributed by atoms with Crippen molar-refractivity contribution < 1.29 is 4.79 Å². The van der Waals surface area contributed by atoms with E-state index in [0.29, 0.717) is 16.1 Å². The molecule has 3 aromatic rings. The van der Waals surface area contributed by atoms with Gasteiger partial charge in [-0.3, -0.25) is 14.2 Å². The van der Waals surface area contributed by atoms with E-state index in [9.17, 15) is 9.59 Å². The molecule has 0 saturated heterocycles. The molecule has 1 aliphatic carbocycles. The van der Waals surface area contributed by atoms with Gasteiger partial charge in [0.15, 0.2) is 5.16 Å². The molecular weight excluding hydrogens is 346 g/mol. The number of carbonyl (C=O) groups excluding carboxylic acids is 1. The van der Waals surface area contributed by atoms with Gasteiger partial charge >= 0.3 is 0 Å². The van der Waals surface area contributed by atoms with E-state index in [1.165, 1.54) is 11.8 Å². The standard InChI is InChI=1S/C20H19N3O2S/c1-13(18(24)21-14-7-3-2-4-8-14)26-20-22-17-10-6-5-9-16(17)19(25)23(20)15-11-12-15/h2-10,13,15H,11-12H2,1H3,(H,21,24)/t13-/m1/s1. The highest BCUT2D eigenvalue weighted by molar-refractivity contribution is 8.00. The van der Waals surface area contributed by atoms with E-state index in [1.54, 1.807) is 4.57 Å². The molecule has 0 bridgehead atoms. The summed E-state index contributed by atoms with van der Waals surface area (Å²) in [5.41, 5.74) is 1.42. The van der Waals surface area contributed by atoms with Crippen LogP contribution in [0, 0.1) is 0 Å². The SMILES string of the molecule is C[C@@H](Sc1nc2ccccc2c(=O)n1C1CC1)C(=O)Nc1ccccc1. The van der Waals surface area contributed by atoms with Crippen molar-refractivity contribution in [2.24, 2.45) is 0 Å². The van der Waals surface area contributed by atoms with E-state index in [4.69, 9.17) is 0 Å². The summed E-state index contributed by atoms with van der Waals surface area (Å²) in [5.74, 6) is -0.106. The number of para-hydroxylation sites is 2. The van der Waals surface area contributed by atoms with Crippen LogP contribution in [-0.2, 0) is 4.79 Å². The van der Waals surface area contributed by atoms with Crippen LogP contribution >= 0.6 is 11.8 Å². The molecule has 6 heteroatoms. The minimum absolute atomic E-state index is 0.0173. The van der Waals surface area contributed by atoms with Crippen LogP contribution in [0.15, 0.2) is 64.5 Å². The number of nitrogens with zero attached hydrogens (tertiary/aromatic N) is 2. The van der Waals surface area contributed by atoms with E-state index in [0.717, 1.165) is 18.5 Å². The average molecular weight is 365 g/mol. The molecule has 0 unspecified atom stereocenters. The molecule has 26 heavy (non-hydrogen) atoms. The summed E-state index contributed by atoms with van der Waals surface area (Å²) in [6, 6.07) is 16.9. The van der Waals surface area contributed by atoms with Gasteiger partial charge in [0.2, 0.25) is 5.91 Å². The third-order valence-corrected chi connectivity index (χ3v) is 5.45. The van der Waals surface area contributed by atoms with Gasteiger partial charge in [0, 0.05) is 11.7 Å². The second-order valence-electron chi connectivity index (χ2n) is 6.43. The van der Waals surface area contributed by atoms with E-state index in [-0.39, 0.29) is 22.8 Å². The molecule has 0 radical (unpaired) electrons. The quantitative estimate of drug-likeness (QED) is 0.551. The van der Waals surface area contributed by atoms with Crippen molar-refractivity contribution >= 4 is 34.3 Å². The summed E-state index contributed by atoms with van der Waals surface area (Å²) in [6.07, 6.45) is 1.97. The molecular formula is C20H19N3O2S. The van der Waals surface area contributed by atoms with Crippen LogP contribution in [0.5, 0.6) is 0 Å². The Morgan fingerprint density at radius 1 is 1.15 bits per heavy atom. The third-order valence-electron chi connectivity index (χ3n) is 4.38. The molecule has 4 rings (SSSR count). The van der Waals surface area contributed by atoms with E-state index in [2.05, 4.69) is 10.3 Å². The lowest BCUT2D eigenvalue weighted by atomic mass is 10.2. The van der Waals surface area contributed by atoms with Crippen molar-refractivity contribution in [2.75, 3.05) is 5.32 Å². The van der Waals surface area contributed by atoms with Crippen molar-refractivity contribution in [1.29, 1.82) is 0 Å². The van der Waals surface area contributed by atoms with Gasteiger partial charge in [0.1, 0.15) is 0 Å². The van der Waals surface area contributed by atoms with Gasteiger partial charge in [0.05, 0.1) is 16.2 Å². The summed E-state index contributed by atoms with van der Waals surface area (Å²) in [7, 11) is 0.